The van der Waals surface area contributed by atoms with Gasteiger partial charge >= 0.3 is 12.0 Å². The number of aryl methyl sites for hydroxylation is 2. The number of nitrogens with zero attached hydrogens (tertiary/aromatic N) is 2. The number of amides is 2. The molecule has 1 aliphatic heterocycles. The zero-order valence-corrected chi connectivity index (χ0v) is 16.0. The van der Waals surface area contributed by atoms with Crippen LogP contribution in [0.3, 0.4) is 0 Å². The fourth-order valence-electron chi connectivity index (χ4n) is 3.16. The number of hydrogen-bond donors (Lipinski definition) is 1. The first kappa shape index (κ1) is 18.8. The van der Waals surface area contributed by atoms with Crippen LogP contribution in [0.5, 0.6) is 0 Å². The van der Waals surface area contributed by atoms with E-state index in [0.717, 1.165) is 13.1 Å². The van der Waals surface area contributed by atoms with Gasteiger partial charge in [0.05, 0.1) is 18.4 Å². The largest absolute Gasteiger partial charge is 0.465 e. The number of esters is 1. The molecule has 142 valence electrons. The van der Waals surface area contributed by atoms with Crippen LogP contribution < -0.4 is 10.2 Å². The Kier molecular flexibility index (Phi) is 5.64. The fourth-order valence-corrected chi connectivity index (χ4v) is 3.16. The lowest BCUT2D eigenvalue weighted by atomic mass is 10.1. The molecule has 0 atom stereocenters. The summed E-state index contributed by atoms with van der Waals surface area (Å²) in [5.74, 6) is -0.467. The Morgan fingerprint density at radius 3 is 2.33 bits per heavy atom. The van der Waals surface area contributed by atoms with Gasteiger partial charge < -0.3 is 19.9 Å². The lowest BCUT2D eigenvalue weighted by molar-refractivity contribution is 0.0602. The monoisotopic (exact) mass is 367 g/mol. The molecule has 1 fully saturated rings. The molecule has 0 aliphatic carbocycles. The Bertz CT molecular complexity index is 842. The predicted octanol–water partition coefficient (Wildman–Crippen LogP) is 3.44. The highest BCUT2D eigenvalue weighted by Crippen LogP contribution is 2.21. The van der Waals surface area contributed by atoms with Crippen LogP contribution in [0.4, 0.5) is 16.2 Å². The first-order valence-corrected chi connectivity index (χ1v) is 9.05. The number of nitrogens with one attached hydrogen (secondary N) is 1. The number of rotatable bonds is 3. The van der Waals surface area contributed by atoms with Crippen LogP contribution in [-0.2, 0) is 4.74 Å². The molecule has 3 rings (SSSR count). The normalized spacial score (nSPS) is 14.0. The van der Waals surface area contributed by atoms with E-state index in [1.54, 1.807) is 29.2 Å². The second-order valence-electron chi connectivity index (χ2n) is 6.71. The van der Waals surface area contributed by atoms with Gasteiger partial charge in [-0.15, -0.1) is 0 Å². The van der Waals surface area contributed by atoms with Gasteiger partial charge in [0.2, 0.25) is 0 Å². The third-order valence-corrected chi connectivity index (χ3v) is 5.00. The summed E-state index contributed by atoms with van der Waals surface area (Å²) in [6.45, 7) is 7.01. The van der Waals surface area contributed by atoms with E-state index in [9.17, 15) is 9.59 Å². The minimum atomic E-state index is -0.467. The van der Waals surface area contributed by atoms with Crippen molar-refractivity contribution in [1.82, 2.24) is 4.90 Å². The molecule has 2 aromatic rings. The molecule has 0 aromatic heterocycles. The second-order valence-corrected chi connectivity index (χ2v) is 6.71. The molecule has 0 bridgehead atoms. The van der Waals surface area contributed by atoms with E-state index in [1.807, 2.05) is 0 Å². The predicted molar refractivity (Wildman–Crippen MR) is 107 cm³/mol. The molecule has 0 unspecified atom stereocenters. The van der Waals surface area contributed by atoms with Crippen LogP contribution in [0.25, 0.3) is 0 Å². The third kappa shape index (κ3) is 4.22. The number of benzene rings is 2. The van der Waals surface area contributed by atoms with Crippen molar-refractivity contribution in [2.45, 2.75) is 13.8 Å². The number of methoxy groups -OCH3 is 1. The number of carbonyl (C=O) groups excluding carboxylic acids is 2. The van der Waals surface area contributed by atoms with Gasteiger partial charge in [-0.1, -0.05) is 18.2 Å². The first-order valence-electron chi connectivity index (χ1n) is 9.05. The summed E-state index contributed by atoms with van der Waals surface area (Å²) in [6, 6.07) is 13.1. The van der Waals surface area contributed by atoms with E-state index in [0.29, 0.717) is 24.3 Å². The van der Waals surface area contributed by atoms with Gasteiger partial charge in [0.1, 0.15) is 0 Å². The fraction of sp³-hybridized carbons (Fsp3) is 0.333. The van der Waals surface area contributed by atoms with Crippen molar-refractivity contribution in [2.75, 3.05) is 43.5 Å². The number of ether oxygens (including phenoxy) is 1. The Labute approximate surface area is 159 Å². The van der Waals surface area contributed by atoms with Gasteiger partial charge in [0.25, 0.3) is 0 Å². The summed E-state index contributed by atoms with van der Waals surface area (Å²) in [4.78, 5) is 28.5. The molecule has 6 heteroatoms. The molecule has 2 amide bonds. The van der Waals surface area contributed by atoms with Crippen LogP contribution in [0.15, 0.2) is 42.5 Å². The summed E-state index contributed by atoms with van der Waals surface area (Å²) < 4.78 is 4.77. The second kappa shape index (κ2) is 8.12. The number of piperazine rings is 1. The molecule has 6 nitrogen and oxygen atoms in total. The smallest absolute Gasteiger partial charge is 0.339 e. The lowest BCUT2D eigenvalue weighted by Crippen LogP contribution is -2.50. The maximum absolute atomic E-state index is 12.6. The van der Waals surface area contributed by atoms with Crippen molar-refractivity contribution in [3.05, 3.63) is 59.2 Å². The number of hydrogen-bond acceptors (Lipinski definition) is 4. The summed E-state index contributed by atoms with van der Waals surface area (Å²) in [7, 11) is 1.33. The first-order chi connectivity index (χ1) is 13.0. The van der Waals surface area contributed by atoms with Crippen LogP contribution >= 0.6 is 0 Å². The van der Waals surface area contributed by atoms with E-state index in [2.05, 4.69) is 42.3 Å². The number of anilines is 2. The van der Waals surface area contributed by atoms with Gasteiger partial charge in [-0.05, 0) is 49.2 Å². The molecule has 1 heterocycles. The number of para-hydroxylation sites is 1. The molecule has 1 N–H and O–H groups in total. The Balaban J connectivity index is 1.62. The summed E-state index contributed by atoms with van der Waals surface area (Å²) in [6.07, 6.45) is 0. The zero-order chi connectivity index (χ0) is 19.4. The van der Waals surface area contributed by atoms with Gasteiger partial charge in [-0.3, -0.25) is 0 Å². The van der Waals surface area contributed by atoms with Crippen LogP contribution in [0.2, 0.25) is 0 Å². The highest BCUT2D eigenvalue weighted by molar-refractivity contribution is 6.00. The van der Waals surface area contributed by atoms with Crippen molar-refractivity contribution in [2.24, 2.45) is 0 Å². The van der Waals surface area contributed by atoms with Crippen LogP contribution in [0.1, 0.15) is 21.5 Å². The van der Waals surface area contributed by atoms with Crippen molar-refractivity contribution >= 4 is 23.4 Å². The molecule has 2 aromatic carbocycles. The summed E-state index contributed by atoms with van der Waals surface area (Å²) in [5, 5.41) is 2.83. The number of carbonyl (C=O) groups is 2. The highest BCUT2D eigenvalue weighted by Gasteiger charge is 2.23. The average Bonchev–Trinajstić information content (AvgIpc) is 2.70. The highest BCUT2D eigenvalue weighted by atomic mass is 16.5. The van der Waals surface area contributed by atoms with Gasteiger partial charge in [-0.2, -0.15) is 0 Å². The SMILES string of the molecule is COC(=O)c1ccccc1NC(=O)N1CCN(c2ccc(C)c(C)c2)CC1. The maximum Gasteiger partial charge on any atom is 0.339 e. The molecule has 0 saturated carbocycles. The maximum atomic E-state index is 12.6. The third-order valence-electron chi connectivity index (χ3n) is 5.00. The Morgan fingerprint density at radius 1 is 0.963 bits per heavy atom. The Hall–Kier alpha value is -3.02. The molecular weight excluding hydrogens is 342 g/mol. The van der Waals surface area contributed by atoms with Crippen LogP contribution in [0, 0.1) is 13.8 Å². The van der Waals surface area contributed by atoms with Gasteiger partial charge in [0, 0.05) is 31.9 Å². The minimum absolute atomic E-state index is 0.203. The van der Waals surface area contributed by atoms with Gasteiger partial charge in [0.15, 0.2) is 0 Å². The topological polar surface area (TPSA) is 61.9 Å². The average molecular weight is 367 g/mol. The van der Waals surface area contributed by atoms with E-state index < -0.39 is 5.97 Å². The molecule has 1 saturated heterocycles. The molecule has 0 spiro atoms. The van der Waals surface area contributed by atoms with Crippen molar-refractivity contribution < 1.29 is 14.3 Å². The summed E-state index contributed by atoms with van der Waals surface area (Å²) >= 11 is 0. The molecule has 27 heavy (non-hydrogen) atoms. The van der Waals surface area contributed by atoms with E-state index >= 15 is 0 Å². The lowest BCUT2D eigenvalue weighted by Gasteiger charge is -2.36. The minimum Gasteiger partial charge on any atom is -0.465 e. The molecular formula is C21H25N3O3. The number of urea groups is 1. The van der Waals surface area contributed by atoms with Crippen molar-refractivity contribution in [1.29, 1.82) is 0 Å². The van der Waals surface area contributed by atoms with Crippen molar-refractivity contribution in [3.8, 4) is 0 Å². The van der Waals surface area contributed by atoms with Crippen molar-refractivity contribution in [3.63, 3.8) is 0 Å². The molecule has 0 radical (unpaired) electrons. The summed E-state index contributed by atoms with van der Waals surface area (Å²) in [5.41, 5.74) is 4.55. The van der Waals surface area contributed by atoms with Crippen LogP contribution in [-0.4, -0.2) is 50.2 Å². The van der Waals surface area contributed by atoms with Gasteiger partial charge in [-0.25, -0.2) is 9.59 Å². The zero-order valence-electron chi connectivity index (χ0n) is 16.0. The Morgan fingerprint density at radius 2 is 1.67 bits per heavy atom. The standard InChI is InChI=1S/C21H25N3O3/c1-15-8-9-17(14-16(15)2)23-10-12-24(13-11-23)21(26)22-19-7-5-4-6-18(19)20(25)27-3/h4-9,14H,10-13H2,1-3H3,(H,22,26). The van der Waals surface area contributed by atoms with E-state index in [4.69, 9.17) is 4.74 Å². The molecule has 1 aliphatic rings. The quantitative estimate of drug-likeness (QED) is 0.844. The van der Waals surface area contributed by atoms with E-state index in [1.165, 1.54) is 23.9 Å². The van der Waals surface area contributed by atoms with E-state index in [-0.39, 0.29) is 6.03 Å².